The van der Waals surface area contributed by atoms with Gasteiger partial charge in [-0.15, -0.1) is 11.8 Å². The summed E-state index contributed by atoms with van der Waals surface area (Å²) in [5, 5.41) is 3.85. The maximum absolute atomic E-state index is 4.94. The molecule has 1 N–H and O–H groups in total. The van der Waals surface area contributed by atoms with Crippen LogP contribution in [0, 0.1) is 0 Å². The second kappa shape index (κ2) is 3.33. The Balaban J connectivity index is 2.06. The Hall–Kier alpha value is 0.270. The largest absolute Gasteiger partial charge is 0.382 e. The summed E-state index contributed by atoms with van der Waals surface area (Å²) in [4.78, 5) is 0. The summed E-state index contributed by atoms with van der Waals surface area (Å²) in [6.45, 7) is 1.98. The monoisotopic (exact) mass is 133 g/mol. The first-order valence-electron chi connectivity index (χ1n) is 2.77. The highest BCUT2D eigenvalue weighted by Gasteiger charge is 2.12. The fraction of sp³-hybridized carbons (Fsp3) is 1.00. The van der Waals surface area contributed by atoms with Gasteiger partial charge in [0, 0.05) is 19.4 Å². The van der Waals surface area contributed by atoms with Gasteiger partial charge < -0.3 is 10.1 Å². The summed E-state index contributed by atoms with van der Waals surface area (Å²) in [5.74, 6) is 1.23. The lowest BCUT2D eigenvalue weighted by molar-refractivity contribution is 0.193. The number of nitrogens with one attached hydrogen (secondary N) is 1. The molecule has 0 radical (unpaired) electrons. The van der Waals surface area contributed by atoms with Crippen LogP contribution >= 0.6 is 11.8 Å². The average Bonchev–Trinajstić information content (AvgIpc) is 2.19. The third kappa shape index (κ3) is 1.65. The molecule has 1 atom stereocenters. The quantitative estimate of drug-likeness (QED) is 0.585. The standard InChI is InChI=1S/C5H11NOS/c1-7-4-5-6-2-3-8-5/h5-6H,2-4H2,1H3. The molecule has 2 nitrogen and oxygen atoms in total. The number of hydrogen-bond acceptors (Lipinski definition) is 3. The van der Waals surface area contributed by atoms with E-state index >= 15 is 0 Å². The zero-order chi connectivity index (χ0) is 5.82. The Morgan fingerprint density at radius 3 is 3.25 bits per heavy atom. The number of rotatable bonds is 2. The summed E-state index contributed by atoms with van der Waals surface area (Å²) in [6, 6.07) is 0. The van der Waals surface area contributed by atoms with Gasteiger partial charge in [0.2, 0.25) is 0 Å². The third-order valence-electron chi connectivity index (χ3n) is 1.11. The molecule has 0 saturated carbocycles. The van der Waals surface area contributed by atoms with Gasteiger partial charge in [-0.1, -0.05) is 0 Å². The Labute approximate surface area is 54.0 Å². The first-order chi connectivity index (χ1) is 3.93. The zero-order valence-electron chi connectivity index (χ0n) is 5.02. The van der Waals surface area contributed by atoms with Gasteiger partial charge >= 0.3 is 0 Å². The average molecular weight is 133 g/mol. The van der Waals surface area contributed by atoms with Crippen LogP contribution in [0.2, 0.25) is 0 Å². The fourth-order valence-corrected chi connectivity index (χ4v) is 1.73. The van der Waals surface area contributed by atoms with Gasteiger partial charge in [0.15, 0.2) is 0 Å². The van der Waals surface area contributed by atoms with Crippen LogP contribution in [0.3, 0.4) is 0 Å². The van der Waals surface area contributed by atoms with E-state index in [0.717, 1.165) is 13.2 Å². The van der Waals surface area contributed by atoms with Gasteiger partial charge in [-0.2, -0.15) is 0 Å². The highest BCUT2D eigenvalue weighted by atomic mass is 32.2. The van der Waals surface area contributed by atoms with Crippen LogP contribution in [0.1, 0.15) is 0 Å². The highest BCUT2D eigenvalue weighted by Crippen LogP contribution is 2.12. The predicted molar refractivity (Wildman–Crippen MR) is 36.1 cm³/mol. The van der Waals surface area contributed by atoms with Gasteiger partial charge in [0.25, 0.3) is 0 Å². The van der Waals surface area contributed by atoms with Crippen LogP contribution in [0.4, 0.5) is 0 Å². The van der Waals surface area contributed by atoms with Gasteiger partial charge in [0.05, 0.1) is 12.0 Å². The molecule has 0 aromatic carbocycles. The van der Waals surface area contributed by atoms with Crippen molar-refractivity contribution in [2.45, 2.75) is 5.37 Å². The topological polar surface area (TPSA) is 21.3 Å². The normalized spacial score (nSPS) is 28.9. The number of ether oxygens (including phenoxy) is 1. The molecule has 8 heavy (non-hydrogen) atoms. The van der Waals surface area contributed by atoms with E-state index in [1.165, 1.54) is 5.75 Å². The summed E-state index contributed by atoms with van der Waals surface area (Å²) in [5.41, 5.74) is 0. The Morgan fingerprint density at radius 2 is 2.75 bits per heavy atom. The van der Waals surface area contributed by atoms with Crippen molar-refractivity contribution in [3.05, 3.63) is 0 Å². The smallest absolute Gasteiger partial charge is 0.0770 e. The molecule has 1 rings (SSSR count). The van der Waals surface area contributed by atoms with E-state index in [2.05, 4.69) is 5.32 Å². The molecule has 0 aliphatic carbocycles. The molecule has 48 valence electrons. The van der Waals surface area contributed by atoms with Crippen molar-refractivity contribution in [2.24, 2.45) is 0 Å². The zero-order valence-corrected chi connectivity index (χ0v) is 5.83. The minimum absolute atomic E-state index is 0.556. The van der Waals surface area contributed by atoms with Crippen molar-refractivity contribution in [3.63, 3.8) is 0 Å². The molecular weight excluding hydrogens is 122 g/mol. The number of thioether (sulfide) groups is 1. The van der Waals surface area contributed by atoms with E-state index in [0.29, 0.717) is 5.37 Å². The lowest BCUT2D eigenvalue weighted by Crippen LogP contribution is -2.23. The van der Waals surface area contributed by atoms with E-state index in [4.69, 9.17) is 4.74 Å². The SMILES string of the molecule is COCC1NCCS1. The van der Waals surface area contributed by atoms with E-state index in [1.807, 2.05) is 11.8 Å². The summed E-state index contributed by atoms with van der Waals surface area (Å²) < 4.78 is 4.94. The minimum atomic E-state index is 0.556. The van der Waals surface area contributed by atoms with Gasteiger partial charge in [-0.05, 0) is 0 Å². The summed E-state index contributed by atoms with van der Waals surface area (Å²) in [6.07, 6.45) is 0. The second-order valence-corrected chi connectivity index (χ2v) is 3.08. The molecule has 0 aromatic rings. The van der Waals surface area contributed by atoms with Crippen LogP contribution < -0.4 is 5.32 Å². The molecule has 1 saturated heterocycles. The van der Waals surface area contributed by atoms with E-state index in [9.17, 15) is 0 Å². The Kier molecular flexibility index (Phi) is 2.66. The second-order valence-electron chi connectivity index (χ2n) is 1.77. The van der Waals surface area contributed by atoms with Gasteiger partial charge in [-0.25, -0.2) is 0 Å². The Bertz CT molecular complexity index is 63.4. The van der Waals surface area contributed by atoms with Crippen molar-refractivity contribution in [2.75, 3.05) is 26.0 Å². The van der Waals surface area contributed by atoms with Crippen LogP contribution in [-0.4, -0.2) is 31.4 Å². The van der Waals surface area contributed by atoms with E-state index in [1.54, 1.807) is 7.11 Å². The molecule has 0 amide bonds. The summed E-state index contributed by atoms with van der Waals surface area (Å²) >= 11 is 1.93. The lowest BCUT2D eigenvalue weighted by Gasteiger charge is -2.05. The fourth-order valence-electron chi connectivity index (χ4n) is 0.738. The van der Waals surface area contributed by atoms with Crippen molar-refractivity contribution in [1.29, 1.82) is 0 Å². The van der Waals surface area contributed by atoms with Crippen molar-refractivity contribution in [1.82, 2.24) is 5.32 Å². The van der Waals surface area contributed by atoms with Crippen molar-refractivity contribution >= 4 is 11.8 Å². The first-order valence-corrected chi connectivity index (χ1v) is 3.82. The molecular formula is C5H11NOS. The van der Waals surface area contributed by atoms with Crippen LogP contribution in [-0.2, 0) is 4.74 Å². The molecule has 0 spiro atoms. The molecule has 1 aliphatic heterocycles. The molecule has 1 unspecified atom stereocenters. The van der Waals surface area contributed by atoms with Crippen molar-refractivity contribution in [3.8, 4) is 0 Å². The van der Waals surface area contributed by atoms with Crippen LogP contribution in [0.5, 0.6) is 0 Å². The van der Waals surface area contributed by atoms with Gasteiger partial charge in [-0.3, -0.25) is 0 Å². The maximum atomic E-state index is 4.94. The molecule has 1 heterocycles. The lowest BCUT2D eigenvalue weighted by atomic mass is 10.6. The number of hydrogen-bond donors (Lipinski definition) is 1. The molecule has 1 aliphatic rings. The minimum Gasteiger partial charge on any atom is -0.382 e. The van der Waals surface area contributed by atoms with Crippen molar-refractivity contribution < 1.29 is 4.74 Å². The van der Waals surface area contributed by atoms with E-state index in [-0.39, 0.29) is 0 Å². The van der Waals surface area contributed by atoms with Gasteiger partial charge in [0.1, 0.15) is 0 Å². The maximum Gasteiger partial charge on any atom is 0.0770 e. The first kappa shape index (κ1) is 6.39. The predicted octanol–water partition coefficient (Wildman–Crippen LogP) is 0.295. The summed E-state index contributed by atoms with van der Waals surface area (Å²) in [7, 11) is 1.74. The molecule has 1 fully saturated rings. The molecule has 3 heteroatoms. The highest BCUT2D eigenvalue weighted by molar-refractivity contribution is 8.00. The van der Waals surface area contributed by atoms with E-state index < -0.39 is 0 Å². The molecule has 0 aromatic heterocycles. The third-order valence-corrected chi connectivity index (χ3v) is 2.26. The van der Waals surface area contributed by atoms with Crippen LogP contribution in [0.25, 0.3) is 0 Å². The number of methoxy groups -OCH3 is 1. The molecule has 0 bridgehead atoms. The Morgan fingerprint density at radius 1 is 1.88 bits per heavy atom. The van der Waals surface area contributed by atoms with Crippen LogP contribution in [0.15, 0.2) is 0 Å².